The molecule has 0 spiro atoms. The molecule has 0 amide bonds. The van der Waals surface area contributed by atoms with Crippen molar-refractivity contribution in [1.82, 2.24) is 4.31 Å². The fourth-order valence-corrected chi connectivity index (χ4v) is 3.24. The van der Waals surface area contributed by atoms with E-state index in [1.807, 2.05) is 12.1 Å². The number of nitrogen functional groups attached to an aromatic ring is 1. The number of hydrogen-bond acceptors (Lipinski definition) is 5. The highest BCUT2D eigenvalue weighted by Gasteiger charge is 2.24. The van der Waals surface area contributed by atoms with Crippen molar-refractivity contribution in [3.05, 3.63) is 18.2 Å². The lowest BCUT2D eigenvalue weighted by molar-refractivity contribution is 0.332. The molecule has 20 heavy (non-hydrogen) atoms. The smallest absolute Gasteiger partial charge is 0.211 e. The van der Waals surface area contributed by atoms with Gasteiger partial charge in [0.05, 0.1) is 19.1 Å². The summed E-state index contributed by atoms with van der Waals surface area (Å²) in [4.78, 5) is 0. The minimum atomic E-state index is -3.07. The number of nitrogens with two attached hydrogens (primary N) is 1. The average molecular weight is 299 g/mol. The highest BCUT2D eigenvalue weighted by Crippen LogP contribution is 2.26. The van der Waals surface area contributed by atoms with Crippen LogP contribution in [0.3, 0.4) is 0 Å². The topological polar surface area (TPSA) is 84.7 Å². The van der Waals surface area contributed by atoms with Crippen molar-refractivity contribution in [2.75, 3.05) is 37.5 Å². The van der Waals surface area contributed by atoms with Crippen LogP contribution in [0.15, 0.2) is 18.2 Å². The van der Waals surface area contributed by atoms with Gasteiger partial charge in [0.15, 0.2) is 0 Å². The number of anilines is 2. The van der Waals surface area contributed by atoms with Crippen LogP contribution in [0.4, 0.5) is 11.4 Å². The van der Waals surface area contributed by atoms with Gasteiger partial charge in [-0.1, -0.05) is 0 Å². The number of piperidine rings is 1. The molecule has 0 bridgehead atoms. The molecule has 0 aliphatic carbocycles. The van der Waals surface area contributed by atoms with Gasteiger partial charge in [-0.2, -0.15) is 0 Å². The lowest BCUT2D eigenvalue weighted by Crippen LogP contribution is -2.41. The minimum absolute atomic E-state index is 0.265. The van der Waals surface area contributed by atoms with Crippen LogP contribution in [0.2, 0.25) is 0 Å². The van der Waals surface area contributed by atoms with E-state index in [9.17, 15) is 8.42 Å². The van der Waals surface area contributed by atoms with Gasteiger partial charge in [-0.25, -0.2) is 12.7 Å². The maximum absolute atomic E-state index is 11.4. The molecule has 0 radical (unpaired) electrons. The summed E-state index contributed by atoms with van der Waals surface area (Å²) in [6.45, 7) is 1.12. The monoisotopic (exact) mass is 299 g/mol. The summed E-state index contributed by atoms with van der Waals surface area (Å²) in [6.07, 6.45) is 2.84. The van der Waals surface area contributed by atoms with Crippen molar-refractivity contribution in [2.24, 2.45) is 0 Å². The van der Waals surface area contributed by atoms with Crippen LogP contribution in [-0.2, 0) is 10.0 Å². The third kappa shape index (κ3) is 3.55. The summed E-state index contributed by atoms with van der Waals surface area (Å²) < 4.78 is 29.6. The normalized spacial score (nSPS) is 17.9. The lowest BCUT2D eigenvalue weighted by atomic mass is 10.1. The summed E-state index contributed by atoms with van der Waals surface area (Å²) >= 11 is 0. The van der Waals surface area contributed by atoms with E-state index in [1.54, 1.807) is 13.2 Å². The van der Waals surface area contributed by atoms with Gasteiger partial charge >= 0.3 is 0 Å². The molecule has 1 saturated heterocycles. The molecule has 1 aliphatic heterocycles. The van der Waals surface area contributed by atoms with Crippen LogP contribution in [0.5, 0.6) is 5.75 Å². The first-order valence-electron chi connectivity index (χ1n) is 6.55. The van der Waals surface area contributed by atoms with Crippen molar-refractivity contribution >= 4 is 21.4 Å². The van der Waals surface area contributed by atoms with Gasteiger partial charge < -0.3 is 15.8 Å². The highest BCUT2D eigenvalue weighted by atomic mass is 32.2. The van der Waals surface area contributed by atoms with Crippen LogP contribution in [0.1, 0.15) is 12.8 Å². The van der Waals surface area contributed by atoms with Crippen LogP contribution in [-0.4, -0.2) is 45.2 Å². The molecule has 3 N–H and O–H groups in total. The van der Waals surface area contributed by atoms with Crippen molar-refractivity contribution in [3.8, 4) is 5.75 Å². The zero-order chi connectivity index (χ0) is 14.8. The fourth-order valence-electron chi connectivity index (χ4n) is 2.37. The maximum Gasteiger partial charge on any atom is 0.211 e. The number of rotatable bonds is 4. The largest absolute Gasteiger partial charge is 0.495 e. The molecule has 1 aromatic carbocycles. The number of sulfonamides is 1. The van der Waals surface area contributed by atoms with Crippen molar-refractivity contribution < 1.29 is 13.2 Å². The quantitative estimate of drug-likeness (QED) is 0.814. The van der Waals surface area contributed by atoms with Crippen LogP contribution in [0, 0.1) is 0 Å². The van der Waals surface area contributed by atoms with E-state index >= 15 is 0 Å². The molecule has 1 aliphatic rings. The highest BCUT2D eigenvalue weighted by molar-refractivity contribution is 7.88. The molecule has 0 unspecified atom stereocenters. The van der Waals surface area contributed by atoms with Gasteiger partial charge in [-0.05, 0) is 25.0 Å². The molecule has 7 heteroatoms. The number of ether oxygens (including phenoxy) is 1. The Morgan fingerprint density at radius 2 is 2.00 bits per heavy atom. The van der Waals surface area contributed by atoms with E-state index in [4.69, 9.17) is 10.5 Å². The van der Waals surface area contributed by atoms with Gasteiger partial charge in [-0.3, -0.25) is 0 Å². The first kappa shape index (κ1) is 14.9. The van der Waals surface area contributed by atoms with E-state index in [0.29, 0.717) is 24.5 Å². The third-order valence-corrected chi connectivity index (χ3v) is 4.83. The Kier molecular flexibility index (Phi) is 4.39. The predicted octanol–water partition coefficient (Wildman–Crippen LogP) is 1.11. The number of methoxy groups -OCH3 is 1. The SMILES string of the molecule is COc1cc(NC2CCN(S(C)(=O)=O)CC2)ccc1N. The summed E-state index contributed by atoms with van der Waals surface area (Å²) in [5, 5.41) is 3.40. The second-order valence-electron chi connectivity index (χ2n) is 5.04. The summed E-state index contributed by atoms with van der Waals surface area (Å²) in [5.41, 5.74) is 7.31. The second-order valence-corrected chi connectivity index (χ2v) is 7.02. The van der Waals surface area contributed by atoms with Gasteiger partial charge in [0.1, 0.15) is 5.75 Å². The van der Waals surface area contributed by atoms with E-state index < -0.39 is 10.0 Å². The van der Waals surface area contributed by atoms with Gasteiger partial charge in [0, 0.05) is 30.9 Å². The average Bonchev–Trinajstić information content (AvgIpc) is 2.40. The predicted molar refractivity (Wildman–Crippen MR) is 80.5 cm³/mol. The second kappa shape index (κ2) is 5.88. The van der Waals surface area contributed by atoms with Crippen LogP contribution < -0.4 is 15.8 Å². The van der Waals surface area contributed by atoms with Crippen molar-refractivity contribution in [2.45, 2.75) is 18.9 Å². The zero-order valence-electron chi connectivity index (χ0n) is 11.8. The molecule has 112 valence electrons. The summed E-state index contributed by atoms with van der Waals surface area (Å²) in [7, 11) is -1.49. The Hall–Kier alpha value is -1.47. The Labute approximate surface area is 120 Å². The van der Waals surface area contributed by atoms with E-state index in [2.05, 4.69) is 5.32 Å². The Balaban J connectivity index is 1.96. The number of hydrogen-bond donors (Lipinski definition) is 2. The minimum Gasteiger partial charge on any atom is -0.495 e. The summed E-state index contributed by atoms with van der Waals surface area (Å²) in [6, 6.07) is 5.83. The number of nitrogens with zero attached hydrogens (tertiary/aromatic N) is 1. The molecule has 1 heterocycles. The zero-order valence-corrected chi connectivity index (χ0v) is 12.6. The van der Waals surface area contributed by atoms with Crippen molar-refractivity contribution in [1.29, 1.82) is 0 Å². The van der Waals surface area contributed by atoms with E-state index in [0.717, 1.165) is 18.5 Å². The van der Waals surface area contributed by atoms with Crippen molar-refractivity contribution in [3.63, 3.8) is 0 Å². The van der Waals surface area contributed by atoms with Gasteiger partial charge in [-0.15, -0.1) is 0 Å². The van der Waals surface area contributed by atoms with Crippen LogP contribution >= 0.6 is 0 Å². The van der Waals surface area contributed by atoms with E-state index in [1.165, 1.54) is 10.6 Å². The Morgan fingerprint density at radius 3 is 2.55 bits per heavy atom. The Bertz CT molecular complexity index is 566. The molecule has 1 fully saturated rings. The summed E-state index contributed by atoms with van der Waals surface area (Å²) in [5.74, 6) is 0.642. The lowest BCUT2D eigenvalue weighted by Gasteiger charge is -2.31. The first-order chi connectivity index (χ1) is 9.40. The molecule has 0 saturated carbocycles. The van der Waals surface area contributed by atoms with Gasteiger partial charge in [0.2, 0.25) is 10.0 Å². The first-order valence-corrected chi connectivity index (χ1v) is 8.40. The number of benzene rings is 1. The standard InChI is InChI=1S/C13H21N3O3S/c1-19-13-9-11(3-4-12(13)14)15-10-5-7-16(8-6-10)20(2,17)18/h3-4,9-10,15H,5-8,14H2,1-2H3. The molecule has 2 rings (SSSR count). The molecule has 1 aromatic rings. The molecule has 0 atom stereocenters. The third-order valence-electron chi connectivity index (χ3n) is 3.53. The fraction of sp³-hybridized carbons (Fsp3) is 0.538. The molecular weight excluding hydrogens is 278 g/mol. The molecule has 0 aromatic heterocycles. The maximum atomic E-state index is 11.4. The van der Waals surface area contributed by atoms with Gasteiger partial charge in [0.25, 0.3) is 0 Å². The Morgan fingerprint density at radius 1 is 1.35 bits per heavy atom. The molecular formula is C13H21N3O3S. The number of nitrogens with one attached hydrogen (secondary N) is 1. The molecule has 6 nitrogen and oxygen atoms in total. The van der Waals surface area contributed by atoms with Crippen LogP contribution in [0.25, 0.3) is 0 Å². The van der Waals surface area contributed by atoms with E-state index in [-0.39, 0.29) is 6.04 Å².